The van der Waals surface area contributed by atoms with E-state index in [1.54, 1.807) is 18.0 Å². The van der Waals surface area contributed by atoms with Crippen molar-refractivity contribution >= 4 is 46.4 Å². The summed E-state index contributed by atoms with van der Waals surface area (Å²) >= 11 is 1.55. The summed E-state index contributed by atoms with van der Waals surface area (Å²) in [6, 6.07) is 4.04. The minimum absolute atomic E-state index is 0.0910. The molecule has 2 heterocycles. The van der Waals surface area contributed by atoms with E-state index in [1.807, 2.05) is 44.4 Å². The highest BCUT2D eigenvalue weighted by Crippen LogP contribution is 2.22. The Morgan fingerprint density at radius 3 is 2.59 bits per heavy atom. The van der Waals surface area contributed by atoms with Crippen LogP contribution >= 0.6 is 11.8 Å². The second-order valence-electron chi connectivity index (χ2n) is 9.77. The lowest BCUT2D eigenvalue weighted by Crippen LogP contribution is -2.57. The summed E-state index contributed by atoms with van der Waals surface area (Å²) in [6.07, 6.45) is 5.20. The fraction of sp³-hybridized carbons (Fsp3) is 0.538. The number of H-pyrrole nitrogens is 1. The average Bonchev–Trinajstić information content (AvgIpc) is 3.52. The van der Waals surface area contributed by atoms with Gasteiger partial charge in [0, 0.05) is 30.1 Å². The van der Waals surface area contributed by atoms with Gasteiger partial charge in [0.25, 0.3) is 0 Å². The van der Waals surface area contributed by atoms with Crippen LogP contribution in [0.25, 0.3) is 10.9 Å². The molecular formula is C26H37N5O5S. The van der Waals surface area contributed by atoms with Crippen LogP contribution in [0.4, 0.5) is 0 Å². The third kappa shape index (κ3) is 7.04. The number of aromatic nitrogens is 1. The van der Waals surface area contributed by atoms with Crippen molar-refractivity contribution in [3.8, 4) is 0 Å². The van der Waals surface area contributed by atoms with E-state index in [4.69, 9.17) is 5.73 Å². The molecule has 1 fully saturated rings. The van der Waals surface area contributed by atoms with Crippen molar-refractivity contribution in [2.75, 3.05) is 18.6 Å². The normalized spacial score (nSPS) is 18.0. The Hall–Kier alpha value is -3.05. The number of fused-ring (bicyclic) bond motifs is 1. The molecule has 1 aliphatic rings. The third-order valence-corrected chi connectivity index (χ3v) is 7.44. The Balaban J connectivity index is 1.72. The molecule has 4 atom stereocenters. The molecule has 1 aromatic heterocycles. The molecule has 10 nitrogen and oxygen atoms in total. The number of nitrogens with one attached hydrogen (secondary N) is 3. The highest BCUT2D eigenvalue weighted by Gasteiger charge is 2.39. The molecule has 1 saturated heterocycles. The number of aromatic amines is 1. The first kappa shape index (κ1) is 28.5. The molecule has 202 valence electrons. The van der Waals surface area contributed by atoms with E-state index in [2.05, 4.69) is 15.6 Å². The first-order valence-electron chi connectivity index (χ1n) is 12.6. The fourth-order valence-corrected chi connectivity index (χ4v) is 5.03. The summed E-state index contributed by atoms with van der Waals surface area (Å²) in [6.45, 7) is 4.02. The van der Waals surface area contributed by atoms with Gasteiger partial charge in [-0.1, -0.05) is 32.0 Å². The Morgan fingerprint density at radius 1 is 1.19 bits per heavy atom. The Labute approximate surface area is 221 Å². The monoisotopic (exact) mass is 531 g/mol. The summed E-state index contributed by atoms with van der Waals surface area (Å²) in [7, 11) is 0. The number of thioether (sulfide) groups is 1. The van der Waals surface area contributed by atoms with Crippen molar-refractivity contribution in [2.45, 2.75) is 63.7 Å². The molecule has 0 aliphatic carbocycles. The number of likely N-dealkylation sites (tertiary alicyclic amines) is 1. The number of nitrogens with two attached hydrogens (primary N) is 1. The molecule has 1 aliphatic heterocycles. The minimum Gasteiger partial charge on any atom is -0.480 e. The van der Waals surface area contributed by atoms with E-state index in [0.29, 0.717) is 31.6 Å². The number of carbonyl (C=O) groups is 4. The maximum absolute atomic E-state index is 13.5. The summed E-state index contributed by atoms with van der Waals surface area (Å²) in [5, 5.41) is 16.1. The summed E-state index contributed by atoms with van der Waals surface area (Å²) in [5.74, 6) is -1.86. The molecule has 4 unspecified atom stereocenters. The first-order chi connectivity index (χ1) is 17.6. The van der Waals surface area contributed by atoms with Crippen LogP contribution in [-0.4, -0.2) is 81.4 Å². The average molecular weight is 532 g/mol. The van der Waals surface area contributed by atoms with Crippen molar-refractivity contribution in [1.82, 2.24) is 20.5 Å². The SMILES string of the molecule is CSCCC(NC(=O)C(N)C(C)C)C(=O)N1CCCC1C(=O)NC(Cc1c[nH]c2ccccc12)C(=O)O. The molecule has 0 bridgehead atoms. The molecule has 37 heavy (non-hydrogen) atoms. The Kier molecular flexibility index (Phi) is 9.99. The molecular weight excluding hydrogens is 494 g/mol. The first-order valence-corrected chi connectivity index (χ1v) is 14.0. The van der Waals surface area contributed by atoms with Gasteiger partial charge in [0.1, 0.15) is 18.1 Å². The van der Waals surface area contributed by atoms with E-state index in [0.717, 1.165) is 16.5 Å². The van der Waals surface area contributed by atoms with Crippen molar-refractivity contribution in [3.63, 3.8) is 0 Å². The van der Waals surface area contributed by atoms with Crippen LogP contribution in [0.3, 0.4) is 0 Å². The lowest BCUT2D eigenvalue weighted by atomic mass is 10.0. The lowest BCUT2D eigenvalue weighted by molar-refractivity contribution is -0.145. The van der Waals surface area contributed by atoms with E-state index < -0.39 is 42.0 Å². The third-order valence-electron chi connectivity index (χ3n) is 6.80. The molecule has 11 heteroatoms. The highest BCUT2D eigenvalue weighted by molar-refractivity contribution is 7.98. The Bertz CT molecular complexity index is 1120. The molecule has 0 saturated carbocycles. The maximum atomic E-state index is 13.5. The van der Waals surface area contributed by atoms with Crippen LogP contribution in [0, 0.1) is 5.92 Å². The van der Waals surface area contributed by atoms with Gasteiger partial charge in [-0.3, -0.25) is 14.4 Å². The van der Waals surface area contributed by atoms with Crippen LogP contribution < -0.4 is 16.4 Å². The topological polar surface area (TPSA) is 158 Å². The van der Waals surface area contributed by atoms with Gasteiger partial charge in [0.05, 0.1) is 6.04 Å². The van der Waals surface area contributed by atoms with E-state index in [1.165, 1.54) is 4.90 Å². The lowest BCUT2D eigenvalue weighted by Gasteiger charge is -2.30. The number of aliphatic carboxylic acids is 1. The number of carboxylic acid groups (broad SMARTS) is 1. The molecule has 1 aromatic carbocycles. The number of rotatable bonds is 12. The van der Waals surface area contributed by atoms with Gasteiger partial charge in [0.2, 0.25) is 17.7 Å². The minimum atomic E-state index is -1.15. The van der Waals surface area contributed by atoms with Crippen molar-refractivity contribution in [3.05, 3.63) is 36.0 Å². The van der Waals surface area contributed by atoms with E-state index in [9.17, 15) is 24.3 Å². The predicted octanol–water partition coefficient (Wildman–Crippen LogP) is 1.49. The van der Waals surface area contributed by atoms with Gasteiger partial charge in [-0.15, -0.1) is 0 Å². The summed E-state index contributed by atoms with van der Waals surface area (Å²) < 4.78 is 0. The zero-order valence-electron chi connectivity index (χ0n) is 21.5. The number of carboxylic acids is 1. The molecule has 0 spiro atoms. The van der Waals surface area contributed by atoms with Crippen LogP contribution in [-0.2, 0) is 25.6 Å². The van der Waals surface area contributed by atoms with E-state index in [-0.39, 0.29) is 18.2 Å². The van der Waals surface area contributed by atoms with Gasteiger partial charge in [0.15, 0.2) is 0 Å². The van der Waals surface area contributed by atoms with Crippen molar-refractivity contribution < 1.29 is 24.3 Å². The second kappa shape index (κ2) is 13.0. The number of nitrogens with zero attached hydrogens (tertiary/aromatic N) is 1. The van der Waals surface area contributed by atoms with Crippen molar-refractivity contribution in [1.29, 1.82) is 0 Å². The fourth-order valence-electron chi connectivity index (χ4n) is 4.56. The van der Waals surface area contributed by atoms with E-state index >= 15 is 0 Å². The molecule has 0 radical (unpaired) electrons. The van der Waals surface area contributed by atoms with Crippen LogP contribution in [0.2, 0.25) is 0 Å². The number of carbonyl (C=O) groups excluding carboxylic acids is 3. The summed E-state index contributed by atoms with van der Waals surface area (Å²) in [4.78, 5) is 55.9. The van der Waals surface area contributed by atoms with Gasteiger partial charge >= 0.3 is 5.97 Å². The number of hydrogen-bond donors (Lipinski definition) is 5. The smallest absolute Gasteiger partial charge is 0.326 e. The van der Waals surface area contributed by atoms with Gasteiger partial charge < -0.3 is 31.4 Å². The van der Waals surface area contributed by atoms with Crippen LogP contribution in [0.1, 0.15) is 38.7 Å². The summed E-state index contributed by atoms with van der Waals surface area (Å²) in [5.41, 5.74) is 7.64. The van der Waals surface area contributed by atoms with Gasteiger partial charge in [-0.2, -0.15) is 11.8 Å². The number of hydrogen-bond acceptors (Lipinski definition) is 6. The zero-order valence-corrected chi connectivity index (χ0v) is 22.3. The maximum Gasteiger partial charge on any atom is 0.326 e. The number of amides is 3. The predicted molar refractivity (Wildman–Crippen MR) is 144 cm³/mol. The molecule has 3 amide bonds. The van der Waals surface area contributed by atoms with Gasteiger partial charge in [-0.05, 0) is 48.8 Å². The molecule has 3 rings (SSSR count). The van der Waals surface area contributed by atoms with Crippen LogP contribution in [0.15, 0.2) is 30.5 Å². The quantitative estimate of drug-likeness (QED) is 0.278. The number of benzene rings is 1. The standard InChI is InChI=1S/C26H37N5O5S/c1-15(2)22(27)24(33)29-19(10-12-37-3)25(34)31-11-6-9-21(31)23(32)30-20(26(35)36)13-16-14-28-18-8-5-4-7-17(16)18/h4-5,7-8,14-15,19-22,28H,6,9-13,27H2,1-3H3,(H,29,33)(H,30,32)(H,35,36). The van der Waals surface area contributed by atoms with Crippen molar-refractivity contribution in [2.24, 2.45) is 11.7 Å². The Morgan fingerprint density at radius 2 is 1.92 bits per heavy atom. The number of para-hydroxylation sites is 1. The highest BCUT2D eigenvalue weighted by atomic mass is 32.2. The zero-order chi connectivity index (χ0) is 27.1. The second-order valence-corrected chi connectivity index (χ2v) is 10.8. The largest absolute Gasteiger partial charge is 0.480 e. The molecule has 2 aromatic rings. The van der Waals surface area contributed by atoms with Gasteiger partial charge in [-0.25, -0.2) is 4.79 Å². The molecule has 6 N–H and O–H groups in total. The van der Waals surface area contributed by atoms with Crippen LogP contribution in [0.5, 0.6) is 0 Å².